The van der Waals surface area contributed by atoms with E-state index >= 15 is 0 Å². The number of H-pyrrole nitrogens is 2. The molecule has 6 unspecified atom stereocenters. The number of aromatic nitrogens is 8. The van der Waals surface area contributed by atoms with E-state index in [1.807, 2.05) is 0 Å². The summed E-state index contributed by atoms with van der Waals surface area (Å²) in [4.78, 5) is 64.4. The molecule has 0 amide bonds. The molecule has 6 rings (SSSR count). The molecule has 2 aliphatic rings. The molecule has 0 spiro atoms. The summed E-state index contributed by atoms with van der Waals surface area (Å²) in [5.74, 6) is -0.575. The fourth-order valence-corrected chi connectivity index (χ4v) is 9.66. The smallest absolute Gasteiger partial charge is 0.387 e. The molecule has 31 heteroatoms. The standard InChI is InChI=1S/C20H28BN10O17P3/c21-49(38,47-50(39,40)43-1-5-9(32)11(34)17(45-5)30-3-24-7-13(30)26-19(22)28-15(7)36)48-51(41,42)44-2-6-10(33)12(35)18(46-6)31-4-25-8-14(31)27-20(23)29-16(8)37/h3-6,9-12,17-18,32-35H,1-2,21H2,(H,39,40)(H,41,42)(H3,22,26,28,36)(H3,23,27,29,37)/t5-,6-,9?,10?,11?,12?,17-,18-,49?/m1/s1. The van der Waals surface area contributed by atoms with Gasteiger partial charge in [-0.2, -0.15) is 9.97 Å². The van der Waals surface area contributed by atoms with Gasteiger partial charge >= 0.3 is 15.6 Å². The fraction of sp³-hybridized carbons (Fsp3) is 0.500. The van der Waals surface area contributed by atoms with E-state index < -0.39 is 96.5 Å². The summed E-state index contributed by atoms with van der Waals surface area (Å²) >= 11 is 0. The molecular formula is C20H28BN10O17P3. The second-order valence-electron chi connectivity index (χ2n) is 11.1. The Balaban J connectivity index is 1.04. The van der Waals surface area contributed by atoms with Gasteiger partial charge in [-0.3, -0.25) is 42.3 Å². The number of phosphoric acid groups is 2. The summed E-state index contributed by atoms with van der Waals surface area (Å²) in [7, 11) is -15.4. The highest BCUT2D eigenvalue weighted by atomic mass is 31.3. The van der Waals surface area contributed by atoms with Crippen LogP contribution in [0, 0.1) is 0 Å². The van der Waals surface area contributed by atoms with Crippen molar-refractivity contribution in [3.8, 4) is 0 Å². The lowest BCUT2D eigenvalue weighted by molar-refractivity contribution is -0.0506. The van der Waals surface area contributed by atoms with Crippen LogP contribution in [0.15, 0.2) is 22.2 Å². The van der Waals surface area contributed by atoms with Gasteiger partial charge in [-0.25, -0.2) is 27.7 Å². The molecule has 0 aromatic carbocycles. The second-order valence-corrected chi connectivity index (χ2v) is 16.3. The van der Waals surface area contributed by atoms with Gasteiger partial charge in [0.25, 0.3) is 26.2 Å². The number of nitrogen functional groups attached to an aromatic ring is 2. The van der Waals surface area contributed by atoms with E-state index in [9.17, 15) is 53.5 Å². The van der Waals surface area contributed by atoms with Crippen LogP contribution in [0.2, 0.25) is 0 Å². The lowest BCUT2D eigenvalue weighted by atomic mass is 10.1. The highest BCUT2D eigenvalue weighted by Crippen LogP contribution is 2.67. The highest BCUT2D eigenvalue weighted by Gasteiger charge is 2.48. The molecule has 278 valence electrons. The Kier molecular flexibility index (Phi) is 9.90. The minimum Gasteiger partial charge on any atom is -0.387 e. The van der Waals surface area contributed by atoms with Crippen molar-refractivity contribution in [2.24, 2.45) is 0 Å². The van der Waals surface area contributed by atoms with Crippen LogP contribution in [-0.2, 0) is 40.8 Å². The van der Waals surface area contributed by atoms with Gasteiger partial charge in [-0.05, 0) is 0 Å². The van der Waals surface area contributed by atoms with Gasteiger partial charge in [0.15, 0.2) is 34.8 Å². The maximum absolute atomic E-state index is 12.8. The number of fused-ring (bicyclic) bond motifs is 2. The van der Waals surface area contributed by atoms with E-state index in [2.05, 4.69) is 38.5 Å². The molecule has 0 saturated carbocycles. The summed E-state index contributed by atoms with van der Waals surface area (Å²) in [6.07, 6.45) is -10.8. The largest absolute Gasteiger partial charge is 0.478 e. The number of ether oxygens (including phenoxy) is 2. The van der Waals surface area contributed by atoms with Crippen molar-refractivity contribution in [2.75, 3.05) is 24.7 Å². The molecule has 51 heavy (non-hydrogen) atoms. The lowest BCUT2D eigenvalue weighted by Crippen LogP contribution is -2.33. The first-order chi connectivity index (χ1) is 23.8. The lowest BCUT2D eigenvalue weighted by Gasteiger charge is -2.22. The van der Waals surface area contributed by atoms with Crippen LogP contribution < -0.4 is 22.6 Å². The molecule has 0 bridgehead atoms. The van der Waals surface area contributed by atoms with Crippen LogP contribution in [0.25, 0.3) is 22.3 Å². The Morgan fingerprint density at radius 3 is 1.49 bits per heavy atom. The zero-order chi connectivity index (χ0) is 37.2. The Hall–Kier alpha value is -3.43. The quantitative estimate of drug-likeness (QED) is 0.0479. The molecule has 0 radical (unpaired) electrons. The normalized spacial score (nSPS) is 30.4. The van der Waals surface area contributed by atoms with Gasteiger partial charge < -0.3 is 51.2 Å². The highest BCUT2D eigenvalue weighted by molar-refractivity contribution is 7.86. The Bertz CT molecular complexity index is 2080. The van der Waals surface area contributed by atoms with Crippen molar-refractivity contribution < 1.29 is 71.1 Å². The average Bonchev–Trinajstić information content (AvgIpc) is 3.76. The van der Waals surface area contributed by atoms with E-state index in [0.717, 1.165) is 21.8 Å². The molecule has 4 aromatic rings. The van der Waals surface area contributed by atoms with Crippen LogP contribution in [0.4, 0.5) is 11.9 Å². The zero-order valence-corrected chi connectivity index (χ0v) is 28.2. The number of anilines is 2. The van der Waals surface area contributed by atoms with Gasteiger partial charge in [0, 0.05) is 0 Å². The van der Waals surface area contributed by atoms with Crippen LogP contribution in [0.1, 0.15) is 12.5 Å². The topological polar surface area (TPSA) is 407 Å². The van der Waals surface area contributed by atoms with E-state index in [1.165, 1.54) is 0 Å². The third-order valence-corrected chi connectivity index (χ3v) is 12.4. The predicted octanol–water partition coefficient (Wildman–Crippen LogP) is -4.34. The number of nitrogens with two attached hydrogens (primary N) is 2. The van der Waals surface area contributed by atoms with Gasteiger partial charge in [-0.1, -0.05) is 0 Å². The Morgan fingerprint density at radius 2 is 1.12 bits per heavy atom. The van der Waals surface area contributed by atoms with E-state index in [-0.39, 0.29) is 34.2 Å². The number of aliphatic hydroxyl groups is 4. The number of hydrogen-bond donors (Lipinski definition) is 10. The van der Waals surface area contributed by atoms with Gasteiger partial charge in [-0.15, -0.1) is 0 Å². The van der Waals surface area contributed by atoms with Crippen LogP contribution in [-0.4, -0.2) is 127 Å². The molecule has 2 saturated heterocycles. The zero-order valence-electron chi connectivity index (χ0n) is 25.5. The van der Waals surface area contributed by atoms with E-state index in [4.69, 9.17) is 30.0 Å². The molecular weight excluding hydrogens is 756 g/mol. The number of imidazole rings is 2. The van der Waals surface area contributed by atoms with Crippen molar-refractivity contribution in [3.63, 3.8) is 0 Å². The van der Waals surface area contributed by atoms with E-state index in [1.54, 1.807) is 0 Å². The first kappa shape index (κ1) is 37.3. The number of rotatable bonds is 12. The first-order valence-electron chi connectivity index (χ1n) is 14.2. The van der Waals surface area contributed by atoms with E-state index in [0.29, 0.717) is 7.57 Å². The summed E-state index contributed by atoms with van der Waals surface area (Å²) in [5.41, 5.74) is 9.11. The maximum Gasteiger partial charge on any atom is 0.478 e. The first-order valence-corrected chi connectivity index (χ1v) is 19.2. The molecule has 27 nitrogen and oxygen atoms in total. The third kappa shape index (κ3) is 7.57. The van der Waals surface area contributed by atoms with Gasteiger partial charge in [0.1, 0.15) is 36.6 Å². The molecule has 4 aromatic heterocycles. The minimum atomic E-state index is -5.44. The summed E-state index contributed by atoms with van der Waals surface area (Å²) in [6, 6.07) is 0. The maximum atomic E-state index is 12.8. The summed E-state index contributed by atoms with van der Waals surface area (Å²) < 4.78 is 69.6. The number of nitrogens with zero attached hydrogens (tertiary/aromatic N) is 6. The number of aliphatic hydroxyl groups excluding tert-OH is 4. The van der Waals surface area contributed by atoms with Crippen molar-refractivity contribution in [3.05, 3.63) is 33.4 Å². The predicted molar refractivity (Wildman–Crippen MR) is 167 cm³/mol. The average molecular weight is 784 g/mol. The number of nitrogens with one attached hydrogen (secondary N) is 2. The van der Waals surface area contributed by atoms with Crippen LogP contribution in [0.5, 0.6) is 0 Å². The molecule has 0 aliphatic carbocycles. The SMILES string of the molecule is BP(=O)(OP(=O)(O)OC[C@H]1O[C@@H](n2cnc3c(=O)[nH]c(N)nc32)C(O)C1O)OP(=O)(O)OC[C@H]1O[C@@H](n2cnc3c(=O)[nH]c(N)nc32)C(O)C1O. The minimum absolute atomic E-state index is 0.123. The van der Waals surface area contributed by atoms with Crippen LogP contribution >= 0.6 is 23.1 Å². The van der Waals surface area contributed by atoms with Crippen molar-refractivity contribution >= 4 is 64.9 Å². The molecule has 10 atom stereocenters. The molecule has 2 fully saturated rings. The second kappa shape index (κ2) is 13.5. The number of phosphoric ester groups is 2. The molecule has 2 aliphatic heterocycles. The molecule has 12 N–H and O–H groups in total. The summed E-state index contributed by atoms with van der Waals surface area (Å²) in [5, 5.41) is 42.0. The van der Waals surface area contributed by atoms with Crippen molar-refractivity contribution in [2.45, 2.75) is 49.1 Å². The summed E-state index contributed by atoms with van der Waals surface area (Å²) in [6.45, 7) is -1.97. The molecule has 6 heterocycles. The van der Waals surface area contributed by atoms with Crippen molar-refractivity contribution in [1.29, 1.82) is 0 Å². The third-order valence-electron chi connectivity index (χ3n) is 7.43. The Morgan fingerprint density at radius 1 is 0.745 bits per heavy atom. The Labute approximate surface area is 282 Å². The van der Waals surface area contributed by atoms with Gasteiger partial charge in [0.05, 0.1) is 25.9 Å². The van der Waals surface area contributed by atoms with Crippen LogP contribution in [0.3, 0.4) is 0 Å². The fourth-order valence-electron chi connectivity index (χ4n) is 5.22. The monoisotopic (exact) mass is 784 g/mol. The number of aromatic amines is 2. The van der Waals surface area contributed by atoms with Crippen molar-refractivity contribution in [1.82, 2.24) is 39.0 Å². The van der Waals surface area contributed by atoms with Gasteiger partial charge in [0.2, 0.25) is 11.9 Å². The number of hydrogen-bond acceptors (Lipinski definition) is 21.